The first-order chi connectivity index (χ1) is 19.4. The second kappa shape index (κ2) is 11.8. The number of hydrazine groups is 1. The van der Waals surface area contributed by atoms with Crippen LogP contribution in [-0.4, -0.2) is 15.9 Å². The average Bonchev–Trinajstić information content (AvgIpc) is 3.35. The molecule has 0 saturated heterocycles. The van der Waals surface area contributed by atoms with Crippen LogP contribution in [0.2, 0.25) is 0 Å². The maximum atomic E-state index is 14.5. The summed E-state index contributed by atoms with van der Waals surface area (Å²) in [5.74, 6) is 3.34. The van der Waals surface area contributed by atoms with Crippen molar-refractivity contribution in [3.63, 3.8) is 0 Å². The Kier molecular flexibility index (Phi) is 8.61. The summed E-state index contributed by atoms with van der Waals surface area (Å²) in [4.78, 5) is 4.91. The van der Waals surface area contributed by atoms with Gasteiger partial charge in [-0.05, 0) is 78.5 Å². The van der Waals surface area contributed by atoms with Crippen LogP contribution >= 0.6 is 11.9 Å². The van der Waals surface area contributed by atoms with Gasteiger partial charge in [0.1, 0.15) is 17.3 Å². The number of nitrogens with two attached hydrogens (primary N) is 3. The molecular weight excluding hydrogens is 563 g/mol. The van der Waals surface area contributed by atoms with Crippen molar-refractivity contribution >= 4 is 23.3 Å². The van der Waals surface area contributed by atoms with E-state index in [2.05, 4.69) is 9.72 Å². The van der Waals surface area contributed by atoms with E-state index in [1.54, 1.807) is 25.1 Å². The Morgan fingerprint density at radius 3 is 2.32 bits per heavy atom. The van der Waals surface area contributed by atoms with Crippen LogP contribution < -0.4 is 26.5 Å². The van der Waals surface area contributed by atoms with Gasteiger partial charge in [-0.1, -0.05) is 25.1 Å². The van der Waals surface area contributed by atoms with Crippen LogP contribution in [0, 0.1) is 6.92 Å². The highest BCUT2D eigenvalue weighted by Gasteiger charge is 2.33. The minimum Gasteiger partial charge on any atom is -0.406 e. The molecule has 0 aliphatic carbocycles. The van der Waals surface area contributed by atoms with Gasteiger partial charge in [-0.3, -0.25) is 10.1 Å². The lowest BCUT2D eigenvalue weighted by molar-refractivity contribution is -0.274. The van der Waals surface area contributed by atoms with Gasteiger partial charge in [0.05, 0.1) is 17.1 Å². The van der Waals surface area contributed by atoms with Crippen molar-refractivity contribution < 1.29 is 26.7 Å². The lowest BCUT2D eigenvalue weighted by atomic mass is 10.0. The van der Waals surface area contributed by atoms with E-state index in [-0.39, 0.29) is 5.70 Å². The van der Waals surface area contributed by atoms with Gasteiger partial charge in [0.15, 0.2) is 0 Å². The van der Waals surface area contributed by atoms with Gasteiger partial charge in [0, 0.05) is 29.3 Å². The Labute approximate surface area is 237 Å². The molecule has 0 fully saturated rings. The fourth-order valence-electron chi connectivity index (χ4n) is 4.20. The van der Waals surface area contributed by atoms with Gasteiger partial charge in [0.2, 0.25) is 0 Å². The molecule has 13 heteroatoms. The highest BCUT2D eigenvalue weighted by atomic mass is 32.2. The number of aromatic nitrogens is 2. The minimum absolute atomic E-state index is 0.227. The second-order valence-corrected chi connectivity index (χ2v) is 9.65. The number of halogens is 5. The van der Waals surface area contributed by atoms with Crippen LogP contribution in [0.1, 0.15) is 30.4 Å². The molecule has 0 radical (unpaired) electrons. The summed E-state index contributed by atoms with van der Waals surface area (Å²) in [7, 11) is 0. The van der Waals surface area contributed by atoms with Gasteiger partial charge in [0.25, 0.3) is 5.92 Å². The first-order valence-corrected chi connectivity index (χ1v) is 13.1. The molecule has 0 unspecified atom stereocenters. The molecule has 6 N–H and O–H groups in total. The van der Waals surface area contributed by atoms with Crippen molar-refractivity contribution in [2.45, 2.75) is 37.4 Å². The summed E-state index contributed by atoms with van der Waals surface area (Å²) in [6.07, 6.45) is -2.83. The highest BCUT2D eigenvalue weighted by Crippen LogP contribution is 2.37. The molecule has 4 rings (SSSR count). The van der Waals surface area contributed by atoms with E-state index >= 15 is 0 Å². The van der Waals surface area contributed by atoms with Crippen molar-refractivity contribution in [1.29, 1.82) is 0 Å². The van der Waals surface area contributed by atoms with Crippen molar-refractivity contribution in [1.82, 2.24) is 9.55 Å². The Morgan fingerprint density at radius 1 is 1.02 bits per heavy atom. The number of alkyl halides is 5. The van der Waals surface area contributed by atoms with Gasteiger partial charge in [-0.15, -0.1) is 13.2 Å². The van der Waals surface area contributed by atoms with Crippen LogP contribution in [-0.2, 0) is 5.92 Å². The molecule has 0 atom stereocenters. The minimum atomic E-state index is -4.85. The second-order valence-electron chi connectivity index (χ2n) is 8.94. The monoisotopic (exact) mass is 590 g/mol. The Bertz CT molecular complexity index is 1550. The molecule has 0 saturated carbocycles. The first-order valence-electron chi connectivity index (χ1n) is 12.3. The molecule has 1 heterocycles. The number of hydrogen-bond donors (Lipinski definition) is 3. The van der Waals surface area contributed by atoms with E-state index in [1.165, 1.54) is 41.0 Å². The summed E-state index contributed by atoms with van der Waals surface area (Å²) >= 11 is 1.08. The third-order valence-electron chi connectivity index (χ3n) is 6.30. The first kappa shape index (κ1) is 29.9. The van der Waals surface area contributed by atoms with Crippen LogP contribution in [0.5, 0.6) is 5.75 Å². The van der Waals surface area contributed by atoms with Gasteiger partial charge < -0.3 is 15.0 Å². The van der Waals surface area contributed by atoms with E-state index in [0.717, 1.165) is 40.1 Å². The van der Waals surface area contributed by atoms with E-state index in [1.807, 2.05) is 24.3 Å². The third kappa shape index (κ3) is 6.64. The van der Waals surface area contributed by atoms with Gasteiger partial charge in [-0.25, -0.2) is 10.8 Å². The van der Waals surface area contributed by atoms with Crippen LogP contribution in [0.25, 0.3) is 22.5 Å². The number of ether oxygens (including phenoxy) is 1. The molecule has 0 spiro atoms. The molecule has 216 valence electrons. The number of aryl methyl sites for hydroxylation is 1. The number of imidazole rings is 1. The van der Waals surface area contributed by atoms with Crippen molar-refractivity contribution in [2.75, 3.05) is 5.01 Å². The maximum absolute atomic E-state index is 14.5. The zero-order valence-electron chi connectivity index (χ0n) is 22.0. The molecular formula is C28H27F5N6OS. The fraction of sp³-hybridized carbons (Fsp3) is 0.179. The van der Waals surface area contributed by atoms with Gasteiger partial charge in [-0.2, -0.15) is 8.78 Å². The summed E-state index contributed by atoms with van der Waals surface area (Å²) in [6.45, 7) is 2.96. The quantitative estimate of drug-likeness (QED) is 0.0847. The molecule has 4 aromatic rings. The van der Waals surface area contributed by atoms with E-state index in [0.29, 0.717) is 22.8 Å². The predicted octanol–water partition coefficient (Wildman–Crippen LogP) is 6.85. The standard InChI is InChI=1S/C28H27F5N6OS/c1-3-27(29,30)26-16-38(17(2)37-26)23-12-9-20(19-5-4-6-22(13-19)41-36)14-24(23)39(35)25(15-34)18-7-10-21(11-8-18)40-28(31,32)33/h4-16H,3,34-36H2,1-2H3/b25-15-. The number of hydrogen-bond acceptors (Lipinski definition) is 7. The van der Waals surface area contributed by atoms with Crippen molar-refractivity contribution in [2.24, 2.45) is 16.7 Å². The zero-order valence-corrected chi connectivity index (χ0v) is 22.8. The van der Waals surface area contributed by atoms with Crippen LogP contribution in [0.4, 0.5) is 27.6 Å². The lowest BCUT2D eigenvalue weighted by Crippen LogP contribution is -2.31. The maximum Gasteiger partial charge on any atom is 0.573 e. The topological polar surface area (TPSA) is 108 Å². The highest BCUT2D eigenvalue weighted by molar-refractivity contribution is 7.97. The summed E-state index contributed by atoms with van der Waals surface area (Å²) < 4.78 is 72.4. The average molecular weight is 591 g/mol. The largest absolute Gasteiger partial charge is 0.573 e. The number of rotatable bonds is 9. The number of anilines is 1. The molecule has 3 aromatic carbocycles. The van der Waals surface area contributed by atoms with Crippen molar-refractivity contribution in [3.8, 4) is 22.6 Å². The Hall–Kier alpha value is -4.07. The lowest BCUT2D eigenvalue weighted by Gasteiger charge is -2.26. The molecule has 7 nitrogen and oxygen atoms in total. The molecule has 0 aliphatic heterocycles. The van der Waals surface area contributed by atoms with Crippen LogP contribution in [0.15, 0.2) is 84.0 Å². The van der Waals surface area contributed by atoms with E-state index < -0.39 is 30.1 Å². The third-order valence-corrected chi connectivity index (χ3v) is 6.83. The fourth-order valence-corrected chi connectivity index (χ4v) is 4.55. The van der Waals surface area contributed by atoms with E-state index in [9.17, 15) is 22.0 Å². The van der Waals surface area contributed by atoms with Gasteiger partial charge >= 0.3 is 6.36 Å². The smallest absolute Gasteiger partial charge is 0.406 e. The number of benzene rings is 3. The zero-order chi connectivity index (χ0) is 29.9. The summed E-state index contributed by atoms with van der Waals surface area (Å²) in [5, 5.41) is 6.96. The molecule has 41 heavy (non-hydrogen) atoms. The van der Waals surface area contributed by atoms with E-state index in [4.69, 9.17) is 16.7 Å². The molecule has 0 bridgehead atoms. The SMILES string of the molecule is CCC(F)(F)c1cn(-c2ccc(-c3cccc(SN)c3)cc2N(N)/C(=C\N)c2ccc(OC(F)(F)F)cc2)c(C)n1. The van der Waals surface area contributed by atoms with Crippen LogP contribution in [0.3, 0.4) is 0 Å². The van der Waals surface area contributed by atoms with Crippen molar-refractivity contribution in [3.05, 3.63) is 96.2 Å². The Balaban J connectivity index is 1.84. The number of nitrogens with zero attached hydrogens (tertiary/aromatic N) is 3. The molecule has 0 aliphatic rings. The Morgan fingerprint density at radius 2 is 1.71 bits per heavy atom. The summed E-state index contributed by atoms with van der Waals surface area (Å²) in [5.41, 5.74) is 8.47. The molecule has 1 aromatic heterocycles. The molecule has 0 amide bonds. The summed E-state index contributed by atoms with van der Waals surface area (Å²) in [6, 6.07) is 17.7. The normalized spacial score (nSPS) is 12.5. The predicted molar refractivity (Wildman–Crippen MR) is 150 cm³/mol.